The van der Waals surface area contributed by atoms with E-state index in [4.69, 9.17) is 5.73 Å². The van der Waals surface area contributed by atoms with E-state index in [1.807, 2.05) is 0 Å². The normalized spacial score (nSPS) is 19.5. The number of nitrogens with two attached hydrogens (primary N) is 1. The van der Waals surface area contributed by atoms with Gasteiger partial charge in [0.2, 0.25) is 5.91 Å². The summed E-state index contributed by atoms with van der Waals surface area (Å²) in [5.41, 5.74) is 7.19. The molecule has 1 aliphatic heterocycles. The fraction of sp³-hybridized carbons (Fsp3) is 0.211. The number of aliphatic hydroxyl groups is 1. The van der Waals surface area contributed by atoms with Crippen LogP contribution < -0.4 is 5.73 Å². The molecule has 0 spiro atoms. The number of nitrogens with zero attached hydrogens (tertiary/aromatic N) is 3. The number of amides is 2. The number of carbonyl (C=O) groups is 2. The number of hydrogen-bond acceptors (Lipinski definition) is 5. The first-order valence-electron chi connectivity index (χ1n) is 8.49. The van der Waals surface area contributed by atoms with Gasteiger partial charge in [-0.3, -0.25) is 9.59 Å². The third-order valence-electron chi connectivity index (χ3n) is 4.76. The van der Waals surface area contributed by atoms with Crippen LogP contribution in [0.5, 0.6) is 5.75 Å². The van der Waals surface area contributed by atoms with Crippen LogP contribution in [0.3, 0.4) is 0 Å². The molecule has 2 aromatic carbocycles. The molecule has 0 saturated carbocycles. The van der Waals surface area contributed by atoms with Gasteiger partial charge in [0.25, 0.3) is 5.91 Å². The molecule has 1 fully saturated rings. The molecule has 8 nitrogen and oxygen atoms in total. The number of primary amides is 1. The van der Waals surface area contributed by atoms with Crippen LogP contribution in [-0.2, 0) is 4.79 Å². The molecule has 0 aliphatic carbocycles. The van der Waals surface area contributed by atoms with E-state index in [0.717, 1.165) is 10.9 Å². The third-order valence-corrected chi connectivity index (χ3v) is 4.76. The maximum Gasteiger partial charge on any atom is 0.254 e. The molecule has 2 amide bonds. The molecule has 8 heteroatoms. The Morgan fingerprint density at radius 2 is 2.00 bits per heavy atom. The van der Waals surface area contributed by atoms with Crippen molar-refractivity contribution in [2.75, 3.05) is 6.54 Å². The SMILES string of the molecule is NC(=O)[C@@H]1C[C@@H](O)CN1C(=O)c1cccc(-n2ncc3cc(O)ccc32)c1. The number of aromatic hydroxyl groups is 1. The van der Waals surface area contributed by atoms with Gasteiger partial charge in [-0.2, -0.15) is 5.10 Å². The zero-order valence-electron chi connectivity index (χ0n) is 14.3. The highest BCUT2D eigenvalue weighted by Crippen LogP contribution is 2.24. The van der Waals surface area contributed by atoms with Gasteiger partial charge >= 0.3 is 0 Å². The molecule has 1 aromatic heterocycles. The minimum Gasteiger partial charge on any atom is -0.508 e. The molecule has 3 aromatic rings. The number of phenolic OH excluding ortho intramolecular Hbond substituents is 1. The van der Waals surface area contributed by atoms with Gasteiger partial charge in [0.15, 0.2) is 0 Å². The van der Waals surface area contributed by atoms with Crippen molar-refractivity contribution in [2.24, 2.45) is 5.73 Å². The van der Waals surface area contributed by atoms with Crippen molar-refractivity contribution in [1.82, 2.24) is 14.7 Å². The summed E-state index contributed by atoms with van der Waals surface area (Å²) in [6.45, 7) is 0.0701. The summed E-state index contributed by atoms with van der Waals surface area (Å²) in [7, 11) is 0. The zero-order chi connectivity index (χ0) is 19.1. The second-order valence-corrected chi connectivity index (χ2v) is 6.62. The molecule has 4 rings (SSSR count). The predicted molar refractivity (Wildman–Crippen MR) is 97.4 cm³/mol. The fourth-order valence-corrected chi connectivity index (χ4v) is 3.47. The molecule has 4 N–H and O–H groups in total. The van der Waals surface area contributed by atoms with E-state index in [0.29, 0.717) is 11.3 Å². The molecule has 0 radical (unpaired) electrons. The lowest BCUT2D eigenvalue weighted by Gasteiger charge is -2.22. The maximum atomic E-state index is 12.9. The van der Waals surface area contributed by atoms with Crippen molar-refractivity contribution in [3.63, 3.8) is 0 Å². The second kappa shape index (κ2) is 6.40. The number of β-amino-alcohol motifs (C(OH)–C–C–N with tert-alkyl or cyclic N) is 1. The Balaban J connectivity index is 1.70. The maximum absolute atomic E-state index is 12.9. The third kappa shape index (κ3) is 3.00. The summed E-state index contributed by atoms with van der Waals surface area (Å²) >= 11 is 0. The van der Waals surface area contributed by atoms with Gasteiger partial charge in [-0.15, -0.1) is 0 Å². The van der Waals surface area contributed by atoms with E-state index in [9.17, 15) is 19.8 Å². The summed E-state index contributed by atoms with van der Waals surface area (Å²) < 4.78 is 1.66. The Morgan fingerprint density at radius 3 is 2.78 bits per heavy atom. The lowest BCUT2D eigenvalue weighted by atomic mass is 10.1. The lowest BCUT2D eigenvalue weighted by molar-refractivity contribution is -0.121. The molecule has 138 valence electrons. The number of benzene rings is 2. The van der Waals surface area contributed by atoms with Gasteiger partial charge in [0.1, 0.15) is 11.8 Å². The number of fused-ring (bicyclic) bond motifs is 1. The Bertz CT molecular complexity index is 1050. The number of carbonyl (C=O) groups excluding carboxylic acids is 2. The van der Waals surface area contributed by atoms with Crippen molar-refractivity contribution in [2.45, 2.75) is 18.6 Å². The molecule has 2 atom stereocenters. The van der Waals surface area contributed by atoms with Crippen molar-refractivity contribution in [3.8, 4) is 11.4 Å². The standard InChI is InChI=1S/C19H18N4O4/c20-18(26)17-8-15(25)10-22(17)19(27)11-2-1-3-13(6-11)23-16-5-4-14(24)7-12(16)9-21-23/h1-7,9,15,17,24-25H,8,10H2,(H2,20,26)/t15-,17+/m1/s1. The number of phenols is 1. The number of likely N-dealkylation sites (tertiary alicyclic amines) is 1. The van der Waals surface area contributed by atoms with E-state index in [2.05, 4.69) is 5.10 Å². The monoisotopic (exact) mass is 366 g/mol. The highest BCUT2D eigenvalue weighted by molar-refractivity contribution is 5.98. The van der Waals surface area contributed by atoms with E-state index in [1.165, 1.54) is 4.90 Å². The number of aromatic nitrogens is 2. The average Bonchev–Trinajstić information content (AvgIpc) is 3.24. The fourth-order valence-electron chi connectivity index (χ4n) is 3.47. The van der Waals surface area contributed by atoms with Crippen molar-refractivity contribution in [3.05, 3.63) is 54.2 Å². The number of aliphatic hydroxyl groups excluding tert-OH is 1. The molecule has 1 saturated heterocycles. The summed E-state index contributed by atoms with van der Waals surface area (Å²) in [5, 5.41) is 24.5. The zero-order valence-corrected chi connectivity index (χ0v) is 14.3. The predicted octanol–water partition coefficient (Wildman–Crippen LogP) is 0.792. The van der Waals surface area contributed by atoms with Crippen molar-refractivity contribution >= 4 is 22.7 Å². The Hall–Kier alpha value is -3.39. The van der Waals surface area contributed by atoms with Crippen LogP contribution in [0.4, 0.5) is 0 Å². The van der Waals surface area contributed by atoms with Crippen LogP contribution in [-0.4, -0.2) is 55.4 Å². The molecule has 2 heterocycles. The van der Waals surface area contributed by atoms with E-state index >= 15 is 0 Å². The van der Waals surface area contributed by atoms with Crippen LogP contribution >= 0.6 is 0 Å². The van der Waals surface area contributed by atoms with Gasteiger partial charge in [0, 0.05) is 23.9 Å². The Labute approximate surface area is 154 Å². The van der Waals surface area contributed by atoms with E-state index < -0.39 is 18.1 Å². The van der Waals surface area contributed by atoms with E-state index in [-0.39, 0.29) is 24.6 Å². The summed E-state index contributed by atoms with van der Waals surface area (Å²) in [6, 6.07) is 10.9. The van der Waals surface area contributed by atoms with E-state index in [1.54, 1.807) is 53.3 Å². The molecule has 0 bridgehead atoms. The van der Waals surface area contributed by atoms with Crippen molar-refractivity contribution in [1.29, 1.82) is 0 Å². The molecular formula is C19H18N4O4. The minimum absolute atomic E-state index is 0.0701. The summed E-state index contributed by atoms with van der Waals surface area (Å²) in [5.74, 6) is -0.851. The first-order valence-corrected chi connectivity index (χ1v) is 8.49. The number of hydrogen-bond donors (Lipinski definition) is 3. The summed E-state index contributed by atoms with van der Waals surface area (Å²) in [6.07, 6.45) is 1.01. The lowest BCUT2D eigenvalue weighted by Crippen LogP contribution is -2.43. The van der Waals surface area contributed by atoms with Crippen LogP contribution in [0.2, 0.25) is 0 Å². The van der Waals surface area contributed by atoms with Crippen LogP contribution in [0.15, 0.2) is 48.7 Å². The van der Waals surface area contributed by atoms with Gasteiger partial charge in [-0.05, 0) is 36.4 Å². The van der Waals surface area contributed by atoms with Gasteiger partial charge in [-0.25, -0.2) is 4.68 Å². The number of rotatable bonds is 3. The average molecular weight is 366 g/mol. The van der Waals surface area contributed by atoms with Crippen LogP contribution in [0, 0.1) is 0 Å². The first-order chi connectivity index (χ1) is 12.9. The first kappa shape index (κ1) is 17.0. The molecular weight excluding hydrogens is 348 g/mol. The quantitative estimate of drug-likeness (QED) is 0.633. The largest absolute Gasteiger partial charge is 0.508 e. The van der Waals surface area contributed by atoms with Gasteiger partial charge < -0.3 is 20.8 Å². The molecule has 1 aliphatic rings. The van der Waals surface area contributed by atoms with Crippen LogP contribution in [0.25, 0.3) is 16.6 Å². The highest BCUT2D eigenvalue weighted by atomic mass is 16.3. The van der Waals surface area contributed by atoms with Crippen molar-refractivity contribution < 1.29 is 19.8 Å². The topological polar surface area (TPSA) is 122 Å². The Kier molecular flexibility index (Phi) is 4.04. The highest BCUT2D eigenvalue weighted by Gasteiger charge is 2.38. The second-order valence-electron chi connectivity index (χ2n) is 6.62. The van der Waals surface area contributed by atoms with Gasteiger partial charge in [0.05, 0.1) is 23.5 Å². The smallest absolute Gasteiger partial charge is 0.254 e. The van der Waals surface area contributed by atoms with Crippen LogP contribution in [0.1, 0.15) is 16.8 Å². The van der Waals surface area contributed by atoms with Gasteiger partial charge in [-0.1, -0.05) is 6.07 Å². The Morgan fingerprint density at radius 1 is 1.19 bits per heavy atom. The minimum atomic E-state index is -0.815. The summed E-state index contributed by atoms with van der Waals surface area (Å²) in [4.78, 5) is 25.8. The molecule has 27 heavy (non-hydrogen) atoms. The molecule has 0 unspecified atom stereocenters.